The Kier molecular flexibility index (Phi) is 6.55. The molecule has 1 aliphatic heterocycles. The Balaban J connectivity index is 0.950. The van der Waals surface area contributed by atoms with Crippen molar-refractivity contribution in [3.8, 4) is 16.8 Å². The van der Waals surface area contributed by atoms with Crippen LogP contribution < -0.4 is 4.90 Å². The topological polar surface area (TPSA) is 21.3 Å². The van der Waals surface area contributed by atoms with Gasteiger partial charge in [-0.15, -0.1) is 0 Å². The van der Waals surface area contributed by atoms with Crippen LogP contribution in [0.2, 0.25) is 0 Å². The van der Waals surface area contributed by atoms with E-state index in [9.17, 15) is 0 Å². The molecule has 0 saturated carbocycles. The fraction of sp³-hybridized carbons (Fsp3) is 0.143. The predicted octanol–water partition coefficient (Wildman–Crippen LogP) is 12.8. The molecule has 2 aromatic heterocycles. The molecule has 0 radical (unpaired) electrons. The number of para-hydroxylation sites is 1. The van der Waals surface area contributed by atoms with Crippen LogP contribution in [-0.2, 0) is 6.42 Å². The molecule has 4 aliphatic rings. The number of anilines is 1. The SMILES string of the molecule is C1=CC2=C(CC1)N(c1ccc(-c3ccccc3)cc1)C1(C=CC(c3ccc4oc5ccc(-n6c7c(c8ccccc86)C=CCC7)cc5c4c3)=CC1)C2. The summed E-state index contributed by atoms with van der Waals surface area (Å²) >= 11 is 0. The first kappa shape index (κ1) is 29.6. The molecule has 3 heterocycles. The quantitative estimate of drug-likeness (QED) is 0.186. The van der Waals surface area contributed by atoms with E-state index in [0.717, 1.165) is 60.5 Å². The molecule has 250 valence electrons. The number of hydrogen-bond donors (Lipinski definition) is 0. The maximum absolute atomic E-state index is 6.42. The third-order valence-corrected chi connectivity index (χ3v) is 11.8. The standard InChI is InChI=1S/C49H38N2O/c1-2-10-33(11-3-1)34-18-21-38(22-19-34)51-44-15-7-4-12-37(44)32-49(51)28-26-35(27-29-49)36-20-24-47-42(30-36)43-31-39(23-25-48(43)52-47)50-45-16-8-5-13-40(45)41-14-6-9-17-46(41)50/h1-6,8,10-14,16,18-28,30-31H,7,9,15,17,29,32H2. The Morgan fingerprint density at radius 2 is 1.33 bits per heavy atom. The zero-order valence-corrected chi connectivity index (χ0v) is 29.1. The van der Waals surface area contributed by atoms with Crippen molar-refractivity contribution in [2.24, 2.45) is 0 Å². The second kappa shape index (κ2) is 11.5. The van der Waals surface area contributed by atoms with E-state index in [2.05, 4.69) is 167 Å². The van der Waals surface area contributed by atoms with Gasteiger partial charge < -0.3 is 13.9 Å². The number of allylic oxidation sites excluding steroid dienone is 6. The van der Waals surface area contributed by atoms with Gasteiger partial charge in [0.1, 0.15) is 11.2 Å². The number of nitrogens with zero attached hydrogens (tertiary/aromatic N) is 2. The maximum atomic E-state index is 6.42. The van der Waals surface area contributed by atoms with Gasteiger partial charge in [-0.2, -0.15) is 0 Å². The van der Waals surface area contributed by atoms with Crippen LogP contribution in [0.4, 0.5) is 5.69 Å². The number of benzene rings is 5. The summed E-state index contributed by atoms with van der Waals surface area (Å²) in [6.45, 7) is 0. The molecular formula is C49H38N2O. The molecule has 3 heteroatoms. The molecule has 0 bridgehead atoms. The van der Waals surface area contributed by atoms with Gasteiger partial charge in [0.05, 0.1) is 11.1 Å². The third-order valence-electron chi connectivity index (χ3n) is 11.8. The van der Waals surface area contributed by atoms with Gasteiger partial charge in [0.25, 0.3) is 0 Å². The van der Waals surface area contributed by atoms with Crippen LogP contribution in [0.25, 0.3) is 61.3 Å². The molecule has 11 rings (SSSR count). The number of furan rings is 1. The highest BCUT2D eigenvalue weighted by atomic mass is 16.3. The Hall–Kier alpha value is -6.06. The number of hydrogen-bond acceptors (Lipinski definition) is 2. The highest BCUT2D eigenvalue weighted by Crippen LogP contribution is 2.50. The van der Waals surface area contributed by atoms with E-state index in [4.69, 9.17) is 4.42 Å². The number of rotatable bonds is 4. The van der Waals surface area contributed by atoms with Crippen molar-refractivity contribution in [2.45, 2.75) is 44.1 Å². The van der Waals surface area contributed by atoms with Gasteiger partial charge in [-0.05, 0) is 108 Å². The summed E-state index contributed by atoms with van der Waals surface area (Å²) in [5.41, 5.74) is 16.2. The molecule has 52 heavy (non-hydrogen) atoms. The Labute approximate surface area is 303 Å². The predicted molar refractivity (Wildman–Crippen MR) is 217 cm³/mol. The van der Waals surface area contributed by atoms with Gasteiger partial charge in [0, 0.05) is 50.9 Å². The van der Waals surface area contributed by atoms with Crippen LogP contribution >= 0.6 is 0 Å². The second-order valence-electron chi connectivity index (χ2n) is 14.8. The summed E-state index contributed by atoms with van der Waals surface area (Å²) < 4.78 is 8.89. The Morgan fingerprint density at radius 3 is 2.19 bits per heavy atom. The van der Waals surface area contributed by atoms with Crippen molar-refractivity contribution in [2.75, 3.05) is 4.90 Å². The molecular weight excluding hydrogens is 633 g/mol. The zero-order chi connectivity index (χ0) is 34.2. The fourth-order valence-corrected chi connectivity index (χ4v) is 9.37. The molecule has 1 spiro atoms. The number of fused-ring (bicyclic) bond motifs is 6. The van der Waals surface area contributed by atoms with Crippen molar-refractivity contribution in [3.63, 3.8) is 0 Å². The van der Waals surface area contributed by atoms with Crippen molar-refractivity contribution >= 4 is 50.2 Å². The third kappa shape index (κ3) is 4.52. The van der Waals surface area contributed by atoms with Crippen molar-refractivity contribution in [3.05, 3.63) is 180 Å². The van der Waals surface area contributed by atoms with Crippen LogP contribution in [0, 0.1) is 0 Å². The molecule has 1 unspecified atom stereocenters. The van der Waals surface area contributed by atoms with Crippen LogP contribution in [0.3, 0.4) is 0 Å². The van der Waals surface area contributed by atoms with Crippen molar-refractivity contribution < 1.29 is 4.42 Å². The van der Waals surface area contributed by atoms with Gasteiger partial charge in [0.2, 0.25) is 0 Å². The molecule has 7 aromatic rings. The Bertz CT molecular complexity index is 2730. The lowest BCUT2D eigenvalue weighted by Crippen LogP contribution is -2.43. The van der Waals surface area contributed by atoms with Gasteiger partial charge >= 0.3 is 0 Å². The summed E-state index contributed by atoms with van der Waals surface area (Å²) in [6.07, 6.45) is 22.9. The monoisotopic (exact) mass is 670 g/mol. The van der Waals surface area contributed by atoms with Gasteiger partial charge in [-0.1, -0.05) is 109 Å². The van der Waals surface area contributed by atoms with Gasteiger partial charge in [-0.3, -0.25) is 0 Å². The highest BCUT2D eigenvalue weighted by Gasteiger charge is 2.44. The molecule has 0 saturated heterocycles. The first-order valence-corrected chi connectivity index (χ1v) is 18.7. The minimum absolute atomic E-state index is 0.105. The first-order chi connectivity index (χ1) is 25.7. The van der Waals surface area contributed by atoms with E-state index in [-0.39, 0.29) is 5.54 Å². The summed E-state index contributed by atoms with van der Waals surface area (Å²) in [4.78, 5) is 2.65. The minimum Gasteiger partial charge on any atom is -0.456 e. The lowest BCUT2D eigenvalue weighted by atomic mass is 9.82. The molecule has 1 atom stereocenters. The molecule has 0 amide bonds. The normalized spacial score (nSPS) is 19.3. The lowest BCUT2D eigenvalue weighted by Gasteiger charge is -2.41. The highest BCUT2D eigenvalue weighted by molar-refractivity contribution is 6.07. The maximum Gasteiger partial charge on any atom is 0.135 e. The first-order valence-electron chi connectivity index (χ1n) is 18.7. The number of aromatic nitrogens is 1. The van der Waals surface area contributed by atoms with E-state index >= 15 is 0 Å². The molecule has 5 aromatic carbocycles. The average Bonchev–Trinajstić information content (AvgIpc) is 3.85. The largest absolute Gasteiger partial charge is 0.456 e. The van der Waals surface area contributed by atoms with Crippen LogP contribution in [0.5, 0.6) is 0 Å². The summed E-state index contributed by atoms with van der Waals surface area (Å²) in [7, 11) is 0. The van der Waals surface area contributed by atoms with E-state index < -0.39 is 0 Å². The van der Waals surface area contributed by atoms with E-state index in [1.165, 1.54) is 67.1 Å². The zero-order valence-electron chi connectivity index (χ0n) is 29.1. The smallest absolute Gasteiger partial charge is 0.135 e. The Morgan fingerprint density at radius 1 is 0.596 bits per heavy atom. The lowest BCUT2D eigenvalue weighted by molar-refractivity contribution is 0.532. The molecule has 3 nitrogen and oxygen atoms in total. The fourth-order valence-electron chi connectivity index (χ4n) is 9.37. The summed E-state index contributed by atoms with van der Waals surface area (Å²) in [6, 6.07) is 42.1. The summed E-state index contributed by atoms with van der Waals surface area (Å²) in [5.74, 6) is 0. The van der Waals surface area contributed by atoms with E-state index in [1.807, 2.05) is 0 Å². The van der Waals surface area contributed by atoms with Gasteiger partial charge in [0.15, 0.2) is 0 Å². The second-order valence-corrected chi connectivity index (χ2v) is 14.8. The minimum atomic E-state index is -0.105. The molecule has 3 aliphatic carbocycles. The van der Waals surface area contributed by atoms with E-state index in [0.29, 0.717) is 0 Å². The van der Waals surface area contributed by atoms with E-state index in [1.54, 1.807) is 0 Å². The van der Waals surface area contributed by atoms with Crippen LogP contribution in [-0.4, -0.2) is 10.1 Å². The summed E-state index contributed by atoms with van der Waals surface area (Å²) in [5, 5.41) is 3.64. The van der Waals surface area contributed by atoms with Gasteiger partial charge in [-0.25, -0.2) is 0 Å². The molecule has 0 N–H and O–H groups in total. The van der Waals surface area contributed by atoms with Crippen LogP contribution in [0.15, 0.2) is 167 Å². The van der Waals surface area contributed by atoms with Crippen molar-refractivity contribution in [1.29, 1.82) is 0 Å². The van der Waals surface area contributed by atoms with Crippen molar-refractivity contribution in [1.82, 2.24) is 4.57 Å². The van der Waals surface area contributed by atoms with Crippen LogP contribution in [0.1, 0.15) is 48.9 Å². The average molecular weight is 671 g/mol. The molecule has 0 fully saturated rings.